The highest BCUT2D eigenvalue weighted by Crippen LogP contribution is 2.17. The average Bonchev–Trinajstić information content (AvgIpc) is 3.58. The highest BCUT2D eigenvalue weighted by Gasteiger charge is 2.27. The Morgan fingerprint density at radius 2 is 1.13 bits per heavy atom. The number of carbonyl (C=O) groups excluding carboxylic acids is 5. The number of aromatic amines is 3. The van der Waals surface area contributed by atoms with E-state index in [4.69, 9.17) is 0 Å². The van der Waals surface area contributed by atoms with Gasteiger partial charge in [0.05, 0.1) is 6.54 Å². The van der Waals surface area contributed by atoms with Crippen molar-refractivity contribution in [1.29, 1.82) is 0 Å². The molecule has 5 rings (SSSR count). The summed E-state index contributed by atoms with van der Waals surface area (Å²) in [6.07, 6.45) is 1.68. The van der Waals surface area contributed by atoms with Crippen LogP contribution in [-0.4, -0.2) is 107 Å². The second-order valence-electron chi connectivity index (χ2n) is 8.83. The Morgan fingerprint density at radius 3 is 1.29 bits per heavy atom. The minimum absolute atomic E-state index is 0.0463. The third-order valence-corrected chi connectivity index (χ3v) is 4.92. The van der Waals surface area contributed by atoms with E-state index in [0.717, 1.165) is 32.6 Å². The van der Waals surface area contributed by atoms with Gasteiger partial charge in [0.1, 0.15) is 0 Å². The number of aromatic nitrogens is 3. The van der Waals surface area contributed by atoms with Gasteiger partial charge in [0.25, 0.3) is 0 Å². The second-order valence-corrected chi connectivity index (χ2v) is 8.83. The number of carbonyl (C=O) groups is 5. The molecule has 5 heterocycles. The number of nitrogens with one attached hydrogen (secondary N) is 8. The number of imide groups is 1. The van der Waals surface area contributed by atoms with E-state index in [9.17, 15) is 38.4 Å². The molecule has 0 bridgehead atoms. The Labute approximate surface area is 216 Å². The highest BCUT2D eigenvalue weighted by molar-refractivity contribution is 6.01. The summed E-state index contributed by atoms with van der Waals surface area (Å²) in [5, 5.41) is 12.3. The molecule has 8 N–H and O–H groups in total. The van der Waals surface area contributed by atoms with Crippen molar-refractivity contribution in [1.82, 2.24) is 51.3 Å². The van der Waals surface area contributed by atoms with Crippen LogP contribution in [0.2, 0.25) is 0 Å². The number of rotatable bonds is 0. The zero-order chi connectivity index (χ0) is 28.9. The minimum Gasteiger partial charge on any atom is -0.351 e. The van der Waals surface area contributed by atoms with Crippen molar-refractivity contribution in [3.8, 4) is 0 Å². The van der Waals surface area contributed by atoms with Gasteiger partial charge in [-0.05, 0) is 20.3 Å². The van der Waals surface area contributed by atoms with Crippen molar-refractivity contribution in [2.75, 3.05) is 46.8 Å². The van der Waals surface area contributed by atoms with E-state index in [0.29, 0.717) is 6.42 Å². The van der Waals surface area contributed by atoms with Crippen molar-refractivity contribution >= 4 is 29.9 Å². The van der Waals surface area contributed by atoms with Gasteiger partial charge in [-0.2, -0.15) is 0 Å². The number of urea groups is 3. The lowest BCUT2D eigenvalue weighted by Crippen LogP contribution is -2.34. The van der Waals surface area contributed by atoms with Gasteiger partial charge in [-0.25, -0.2) is 28.8 Å². The Morgan fingerprint density at radius 1 is 0.658 bits per heavy atom. The number of nitrogens with zero attached hydrogens (tertiary/aromatic N) is 2. The normalized spacial score (nSPS) is 18.5. The van der Waals surface area contributed by atoms with Gasteiger partial charge >= 0.3 is 35.2 Å². The second kappa shape index (κ2) is 14.8. The molecular weight excluding hydrogens is 508 g/mol. The maximum Gasteiger partial charge on any atom is 0.330 e. The smallest absolute Gasteiger partial charge is 0.330 e. The summed E-state index contributed by atoms with van der Waals surface area (Å²) in [6, 6.07) is -0.315. The summed E-state index contributed by atoms with van der Waals surface area (Å²) in [7, 11) is 3.62. The molecule has 18 heteroatoms. The molecule has 1 aromatic rings. The summed E-state index contributed by atoms with van der Waals surface area (Å²) in [4.78, 5) is 90.7. The van der Waals surface area contributed by atoms with Crippen LogP contribution < -0.4 is 43.7 Å². The molecule has 4 fully saturated rings. The molecule has 0 atom stereocenters. The Kier molecular flexibility index (Phi) is 12.2. The first-order valence-corrected chi connectivity index (χ1v) is 11.5. The van der Waals surface area contributed by atoms with Crippen molar-refractivity contribution in [2.24, 2.45) is 0 Å². The lowest BCUT2D eigenvalue weighted by Gasteiger charge is -2.15. The van der Waals surface area contributed by atoms with E-state index in [2.05, 4.69) is 21.3 Å². The third kappa shape index (κ3) is 12.9. The first kappa shape index (κ1) is 31.4. The molecule has 4 saturated heterocycles. The lowest BCUT2D eigenvalue weighted by atomic mass is 10.0. The zero-order valence-electron chi connectivity index (χ0n) is 21.6. The van der Waals surface area contributed by atoms with E-state index in [1.54, 1.807) is 24.8 Å². The molecule has 4 aliphatic rings. The zero-order valence-corrected chi connectivity index (χ0v) is 21.6. The van der Waals surface area contributed by atoms with E-state index in [1.165, 1.54) is 0 Å². The fourth-order valence-electron chi connectivity index (χ4n) is 2.90. The van der Waals surface area contributed by atoms with Crippen molar-refractivity contribution in [3.63, 3.8) is 0 Å². The summed E-state index contributed by atoms with van der Waals surface area (Å²) in [5.74, 6) is -0.0694. The van der Waals surface area contributed by atoms with Crippen LogP contribution in [0, 0.1) is 0 Å². The number of amides is 8. The molecule has 38 heavy (non-hydrogen) atoms. The maximum absolute atomic E-state index is 10.8. The molecule has 212 valence electrons. The van der Waals surface area contributed by atoms with Crippen molar-refractivity contribution in [2.45, 2.75) is 32.2 Å². The molecular formula is C20H34N10O8. The van der Waals surface area contributed by atoms with Gasteiger partial charge in [0.15, 0.2) is 0 Å². The van der Waals surface area contributed by atoms with Gasteiger partial charge < -0.3 is 31.1 Å². The monoisotopic (exact) mass is 542 g/mol. The fraction of sp³-hybridized carbons (Fsp3) is 0.600. The maximum atomic E-state index is 10.8. The number of hydrogen-bond donors (Lipinski definition) is 8. The topological polar surface area (TPSA) is 251 Å². The fourth-order valence-corrected chi connectivity index (χ4v) is 2.90. The predicted molar refractivity (Wildman–Crippen MR) is 133 cm³/mol. The van der Waals surface area contributed by atoms with Gasteiger partial charge in [0.2, 0.25) is 11.8 Å². The minimum atomic E-state index is -0.802. The first-order chi connectivity index (χ1) is 17.7. The average molecular weight is 543 g/mol. The Hall–Kier alpha value is -4.64. The van der Waals surface area contributed by atoms with E-state index in [1.807, 2.05) is 33.3 Å². The van der Waals surface area contributed by atoms with Crippen LogP contribution in [0.5, 0.6) is 0 Å². The summed E-state index contributed by atoms with van der Waals surface area (Å²) < 4.78 is 0. The van der Waals surface area contributed by atoms with Gasteiger partial charge in [-0.15, -0.1) is 0 Å². The standard InChI is InChI=1S/C6H11NO.C5H10N2O.C3H3N3O3.C3H4N2O2.C3H6N2O/c1-6(2)4-3-5(8)7-6;1-6-3-4-7(2)5(6)8;7-1-4-2(8)6-3(9)5-1;6-2-1-4-3(7)5-2;6-3-4-1-2-5-3/h3-4H2,1-2H3,(H,7,8);3-4H2,1-2H3;(H3,4,5,6,7,8,9);1H2,(H2,4,5,6,7);1-2H2,(H2,4,5,6). The van der Waals surface area contributed by atoms with Crippen LogP contribution in [0.1, 0.15) is 26.7 Å². The van der Waals surface area contributed by atoms with Gasteiger partial charge in [-0.1, -0.05) is 0 Å². The van der Waals surface area contributed by atoms with E-state index >= 15 is 0 Å². The Balaban J connectivity index is 0.000000239. The predicted octanol–water partition coefficient (Wildman–Crippen LogP) is -3.46. The molecule has 0 unspecified atom stereocenters. The molecule has 0 aromatic carbocycles. The largest absolute Gasteiger partial charge is 0.351 e. The number of H-pyrrole nitrogens is 3. The van der Waals surface area contributed by atoms with Crippen molar-refractivity contribution in [3.05, 3.63) is 31.5 Å². The number of likely N-dealkylation sites (N-methyl/N-ethyl adjacent to an activating group) is 2. The van der Waals surface area contributed by atoms with Crippen LogP contribution in [0.15, 0.2) is 14.4 Å². The number of hydrogen-bond acceptors (Lipinski definition) is 8. The van der Waals surface area contributed by atoms with Crippen LogP contribution in [0.25, 0.3) is 0 Å². The van der Waals surface area contributed by atoms with Crippen LogP contribution in [0.4, 0.5) is 14.4 Å². The van der Waals surface area contributed by atoms with Gasteiger partial charge in [-0.3, -0.25) is 29.9 Å². The molecule has 0 spiro atoms. The molecule has 18 nitrogen and oxygen atoms in total. The third-order valence-electron chi connectivity index (χ3n) is 4.92. The van der Waals surface area contributed by atoms with Crippen LogP contribution >= 0.6 is 0 Å². The molecule has 0 aliphatic carbocycles. The molecule has 0 saturated carbocycles. The summed E-state index contributed by atoms with van der Waals surface area (Å²) in [5.41, 5.74) is -2.34. The summed E-state index contributed by atoms with van der Waals surface area (Å²) in [6.45, 7) is 7.50. The van der Waals surface area contributed by atoms with Gasteiger partial charge in [0, 0.05) is 52.2 Å². The lowest BCUT2D eigenvalue weighted by molar-refractivity contribution is -0.120. The van der Waals surface area contributed by atoms with Crippen molar-refractivity contribution < 1.29 is 24.0 Å². The van der Waals surface area contributed by atoms with E-state index in [-0.39, 0.29) is 36.0 Å². The molecule has 8 amide bonds. The first-order valence-electron chi connectivity index (χ1n) is 11.5. The summed E-state index contributed by atoms with van der Waals surface area (Å²) >= 11 is 0. The highest BCUT2D eigenvalue weighted by atomic mass is 16.2. The quantitative estimate of drug-likeness (QED) is 0.153. The molecule has 1 aromatic heterocycles. The van der Waals surface area contributed by atoms with Crippen LogP contribution in [0.3, 0.4) is 0 Å². The molecule has 0 radical (unpaired) electrons. The SMILES string of the molecule is CC1(C)CCC(=O)N1.CN1CCN(C)C1=O.O=C1CNC(=O)N1.O=C1NCCN1.O=c1[nH]c(=O)[nH]c(=O)[nH]1. The van der Waals surface area contributed by atoms with E-state index < -0.39 is 23.1 Å². The Bertz CT molecular complexity index is 1060. The van der Waals surface area contributed by atoms with Crippen LogP contribution in [-0.2, 0) is 9.59 Å². The molecule has 4 aliphatic heterocycles.